The first-order valence-corrected chi connectivity index (χ1v) is 8.97. The minimum atomic E-state index is -0.447. The largest absolute Gasteiger partial charge is 0.378 e. The van der Waals surface area contributed by atoms with Crippen molar-refractivity contribution in [2.45, 2.75) is 31.8 Å². The monoisotopic (exact) mass is 346 g/mol. The van der Waals surface area contributed by atoms with Crippen molar-refractivity contribution in [1.29, 1.82) is 0 Å². The molecule has 7 nitrogen and oxygen atoms in total. The third kappa shape index (κ3) is 4.85. The van der Waals surface area contributed by atoms with Crippen molar-refractivity contribution in [3.8, 4) is 0 Å². The molecule has 2 fully saturated rings. The van der Waals surface area contributed by atoms with Crippen LogP contribution >= 0.6 is 0 Å². The van der Waals surface area contributed by atoms with Gasteiger partial charge < -0.3 is 25.6 Å². The molecular weight excluding hydrogens is 320 g/mol. The standard InChI is InChI=1S/C18H26N4O3/c23-17-15(6-3-4-8-19-17)21-18(24)20-13-14-5-1-2-7-16(14)22-9-11-25-12-10-22/h1-2,5,7,15H,3-4,6,8-13H2,(H,19,23)(H2,20,21,24). The molecule has 2 saturated heterocycles. The van der Waals surface area contributed by atoms with Crippen molar-refractivity contribution in [2.24, 2.45) is 0 Å². The van der Waals surface area contributed by atoms with Crippen molar-refractivity contribution in [3.05, 3.63) is 29.8 Å². The summed E-state index contributed by atoms with van der Waals surface area (Å²) in [7, 11) is 0. The van der Waals surface area contributed by atoms with Gasteiger partial charge in [0.2, 0.25) is 5.91 Å². The average Bonchev–Trinajstić information content (AvgIpc) is 2.85. The second-order valence-electron chi connectivity index (χ2n) is 6.39. The second kappa shape index (κ2) is 8.71. The van der Waals surface area contributed by atoms with Crippen LogP contribution in [0, 0.1) is 0 Å². The Morgan fingerprint density at radius 3 is 2.88 bits per heavy atom. The number of morpholine rings is 1. The van der Waals surface area contributed by atoms with Gasteiger partial charge in [0.1, 0.15) is 6.04 Å². The van der Waals surface area contributed by atoms with Gasteiger partial charge in [-0.1, -0.05) is 18.2 Å². The number of nitrogens with one attached hydrogen (secondary N) is 3. The Bertz CT molecular complexity index is 602. The fourth-order valence-corrected chi connectivity index (χ4v) is 3.23. The first kappa shape index (κ1) is 17.5. The van der Waals surface area contributed by atoms with Crippen molar-refractivity contribution in [3.63, 3.8) is 0 Å². The van der Waals surface area contributed by atoms with E-state index in [1.807, 2.05) is 18.2 Å². The van der Waals surface area contributed by atoms with Gasteiger partial charge in [-0.2, -0.15) is 0 Å². The van der Waals surface area contributed by atoms with E-state index < -0.39 is 6.04 Å². The molecular formula is C18H26N4O3. The molecule has 25 heavy (non-hydrogen) atoms. The fourth-order valence-electron chi connectivity index (χ4n) is 3.23. The van der Waals surface area contributed by atoms with Gasteiger partial charge in [0.25, 0.3) is 0 Å². The average molecular weight is 346 g/mol. The number of para-hydroxylation sites is 1. The zero-order valence-electron chi connectivity index (χ0n) is 14.4. The minimum absolute atomic E-state index is 0.0960. The van der Waals surface area contributed by atoms with Crippen LogP contribution in [0.1, 0.15) is 24.8 Å². The molecule has 3 N–H and O–H groups in total. The lowest BCUT2D eigenvalue weighted by molar-refractivity contribution is -0.122. The molecule has 0 aliphatic carbocycles. The molecule has 1 aromatic rings. The number of benzene rings is 1. The molecule has 2 aliphatic rings. The smallest absolute Gasteiger partial charge is 0.315 e. The number of nitrogens with zero attached hydrogens (tertiary/aromatic N) is 1. The van der Waals surface area contributed by atoms with E-state index in [0.29, 0.717) is 19.5 Å². The maximum absolute atomic E-state index is 12.2. The van der Waals surface area contributed by atoms with Gasteiger partial charge in [0.05, 0.1) is 13.2 Å². The fraction of sp³-hybridized carbons (Fsp3) is 0.556. The maximum atomic E-state index is 12.2. The van der Waals surface area contributed by atoms with E-state index in [1.165, 1.54) is 0 Å². The van der Waals surface area contributed by atoms with E-state index in [-0.39, 0.29) is 11.9 Å². The first-order valence-electron chi connectivity index (χ1n) is 8.97. The molecule has 0 aromatic heterocycles. The number of anilines is 1. The highest BCUT2D eigenvalue weighted by Crippen LogP contribution is 2.21. The summed E-state index contributed by atoms with van der Waals surface area (Å²) in [5.74, 6) is -0.0960. The summed E-state index contributed by atoms with van der Waals surface area (Å²) >= 11 is 0. The highest BCUT2D eigenvalue weighted by Gasteiger charge is 2.22. The molecule has 0 saturated carbocycles. The lowest BCUT2D eigenvalue weighted by atomic mass is 10.1. The molecule has 2 heterocycles. The number of carbonyl (C=O) groups excluding carboxylic acids is 2. The maximum Gasteiger partial charge on any atom is 0.315 e. The van der Waals surface area contributed by atoms with Crippen LogP contribution in [0.5, 0.6) is 0 Å². The van der Waals surface area contributed by atoms with Gasteiger partial charge in [0, 0.05) is 31.9 Å². The molecule has 0 bridgehead atoms. The van der Waals surface area contributed by atoms with E-state index in [0.717, 1.165) is 50.4 Å². The van der Waals surface area contributed by atoms with Crippen LogP contribution in [0.3, 0.4) is 0 Å². The third-order valence-corrected chi connectivity index (χ3v) is 4.62. The second-order valence-corrected chi connectivity index (χ2v) is 6.39. The molecule has 1 aromatic carbocycles. The van der Waals surface area contributed by atoms with Crippen LogP contribution in [-0.2, 0) is 16.1 Å². The molecule has 2 aliphatic heterocycles. The summed E-state index contributed by atoms with van der Waals surface area (Å²) in [6, 6.07) is 7.31. The van der Waals surface area contributed by atoms with Crippen molar-refractivity contribution in [2.75, 3.05) is 37.7 Å². The molecule has 3 rings (SSSR count). The van der Waals surface area contributed by atoms with E-state index in [4.69, 9.17) is 4.74 Å². The topological polar surface area (TPSA) is 82.7 Å². The van der Waals surface area contributed by atoms with Gasteiger partial charge in [0.15, 0.2) is 0 Å². The minimum Gasteiger partial charge on any atom is -0.378 e. The molecule has 136 valence electrons. The van der Waals surface area contributed by atoms with Crippen molar-refractivity contribution >= 4 is 17.6 Å². The van der Waals surface area contributed by atoms with Gasteiger partial charge >= 0.3 is 6.03 Å². The van der Waals surface area contributed by atoms with Gasteiger partial charge in [-0.05, 0) is 30.9 Å². The summed E-state index contributed by atoms with van der Waals surface area (Å²) in [4.78, 5) is 26.4. The Morgan fingerprint density at radius 2 is 2.04 bits per heavy atom. The van der Waals surface area contributed by atoms with Gasteiger partial charge in [-0.25, -0.2) is 4.79 Å². The third-order valence-electron chi connectivity index (χ3n) is 4.62. The summed E-state index contributed by atoms with van der Waals surface area (Å²) < 4.78 is 5.40. The number of hydrogen-bond acceptors (Lipinski definition) is 4. The van der Waals surface area contributed by atoms with Crippen molar-refractivity contribution in [1.82, 2.24) is 16.0 Å². The van der Waals surface area contributed by atoms with Crippen LogP contribution in [0.2, 0.25) is 0 Å². The zero-order chi connectivity index (χ0) is 17.5. The number of hydrogen-bond donors (Lipinski definition) is 3. The van der Waals surface area contributed by atoms with Crippen LogP contribution < -0.4 is 20.9 Å². The number of urea groups is 1. The Labute approximate surface area is 148 Å². The van der Waals surface area contributed by atoms with Gasteiger partial charge in [-0.3, -0.25) is 4.79 Å². The normalized spacial score (nSPS) is 21.2. The lowest BCUT2D eigenvalue weighted by Gasteiger charge is -2.30. The summed E-state index contributed by atoms with van der Waals surface area (Å²) in [5, 5.41) is 8.49. The van der Waals surface area contributed by atoms with Crippen molar-refractivity contribution < 1.29 is 14.3 Å². The molecule has 7 heteroatoms. The Kier molecular flexibility index (Phi) is 6.11. The predicted molar refractivity (Wildman–Crippen MR) is 95.5 cm³/mol. The van der Waals surface area contributed by atoms with Crippen LogP contribution in [0.15, 0.2) is 24.3 Å². The summed E-state index contributed by atoms with van der Waals surface area (Å²) in [5.41, 5.74) is 2.18. The lowest BCUT2D eigenvalue weighted by Crippen LogP contribution is -2.49. The van der Waals surface area contributed by atoms with E-state index in [2.05, 4.69) is 26.9 Å². The van der Waals surface area contributed by atoms with E-state index in [9.17, 15) is 9.59 Å². The molecule has 0 spiro atoms. The molecule has 0 radical (unpaired) electrons. The molecule has 1 atom stereocenters. The SMILES string of the molecule is O=C(NCc1ccccc1N1CCOCC1)NC1CCCCNC1=O. The van der Waals surface area contributed by atoms with Crippen LogP contribution in [0.25, 0.3) is 0 Å². The summed E-state index contributed by atoms with van der Waals surface area (Å²) in [6.45, 7) is 4.26. The number of amides is 3. The molecule has 3 amide bonds. The van der Waals surface area contributed by atoms with E-state index >= 15 is 0 Å². The predicted octanol–water partition coefficient (Wildman–Crippen LogP) is 0.991. The number of ether oxygens (including phenoxy) is 1. The highest BCUT2D eigenvalue weighted by atomic mass is 16.5. The molecule has 1 unspecified atom stereocenters. The zero-order valence-corrected chi connectivity index (χ0v) is 14.4. The van der Waals surface area contributed by atoms with Crippen LogP contribution in [-0.4, -0.2) is 50.8 Å². The van der Waals surface area contributed by atoms with Crippen LogP contribution in [0.4, 0.5) is 10.5 Å². The number of rotatable bonds is 4. The Hall–Kier alpha value is -2.28. The summed E-state index contributed by atoms with van der Waals surface area (Å²) in [6.07, 6.45) is 2.58. The Balaban J connectivity index is 1.56. The van der Waals surface area contributed by atoms with E-state index in [1.54, 1.807) is 0 Å². The van der Waals surface area contributed by atoms with Gasteiger partial charge in [-0.15, -0.1) is 0 Å². The quantitative estimate of drug-likeness (QED) is 0.759. The Morgan fingerprint density at radius 1 is 1.24 bits per heavy atom. The number of carbonyl (C=O) groups is 2. The highest BCUT2D eigenvalue weighted by molar-refractivity contribution is 5.87. The first-order chi connectivity index (χ1) is 12.2.